The summed E-state index contributed by atoms with van der Waals surface area (Å²) in [6.07, 6.45) is 2.83. The maximum absolute atomic E-state index is 12.4. The summed E-state index contributed by atoms with van der Waals surface area (Å²) in [7, 11) is 0. The van der Waals surface area contributed by atoms with Crippen molar-refractivity contribution in [1.29, 1.82) is 0 Å². The minimum absolute atomic E-state index is 0.0131. The van der Waals surface area contributed by atoms with Crippen LogP contribution in [0.4, 0.5) is 5.82 Å². The number of amides is 2. The van der Waals surface area contributed by atoms with Crippen molar-refractivity contribution in [2.45, 2.75) is 26.3 Å². The Morgan fingerprint density at radius 3 is 3.07 bits per heavy atom. The predicted molar refractivity (Wildman–Crippen MR) is 107 cm³/mol. The van der Waals surface area contributed by atoms with E-state index in [4.69, 9.17) is 22.0 Å². The van der Waals surface area contributed by atoms with Crippen molar-refractivity contribution in [2.24, 2.45) is 17.6 Å². The summed E-state index contributed by atoms with van der Waals surface area (Å²) < 4.78 is 7.92. The van der Waals surface area contributed by atoms with Crippen LogP contribution in [-0.2, 0) is 22.6 Å². The van der Waals surface area contributed by atoms with Crippen LogP contribution < -0.4 is 15.4 Å². The van der Waals surface area contributed by atoms with Crippen molar-refractivity contribution in [3.63, 3.8) is 0 Å². The van der Waals surface area contributed by atoms with Crippen molar-refractivity contribution in [1.82, 2.24) is 9.55 Å². The number of rotatable bonds is 5. The minimum Gasteiger partial charge on any atom is -0.491 e. The van der Waals surface area contributed by atoms with Gasteiger partial charge in [0.05, 0.1) is 18.0 Å². The molecular weight excluding hydrogens is 370 g/mol. The van der Waals surface area contributed by atoms with E-state index in [2.05, 4.69) is 4.85 Å². The van der Waals surface area contributed by atoms with Gasteiger partial charge in [0.25, 0.3) is 0 Å². The van der Waals surface area contributed by atoms with Gasteiger partial charge in [-0.15, -0.1) is 0 Å². The Kier molecular flexibility index (Phi) is 4.97. The van der Waals surface area contributed by atoms with E-state index in [0.29, 0.717) is 50.7 Å². The molecule has 0 saturated carbocycles. The quantitative estimate of drug-likeness (QED) is 0.785. The number of nitrogens with two attached hydrogens (primary N) is 1. The first-order valence-corrected chi connectivity index (χ1v) is 9.72. The van der Waals surface area contributed by atoms with Crippen molar-refractivity contribution in [3.8, 4) is 17.1 Å². The fraction of sp³-hybridized carbons (Fsp3) is 0.429. The molecule has 0 radical (unpaired) electrons. The van der Waals surface area contributed by atoms with Gasteiger partial charge in [0.1, 0.15) is 18.2 Å². The largest absolute Gasteiger partial charge is 0.491 e. The first-order valence-electron chi connectivity index (χ1n) is 9.72. The van der Waals surface area contributed by atoms with Gasteiger partial charge in [-0.3, -0.25) is 14.5 Å². The molecule has 4 rings (SSSR count). The van der Waals surface area contributed by atoms with E-state index >= 15 is 0 Å². The van der Waals surface area contributed by atoms with E-state index in [1.165, 1.54) is 0 Å². The summed E-state index contributed by atoms with van der Waals surface area (Å²) >= 11 is 0. The van der Waals surface area contributed by atoms with Crippen LogP contribution in [0.3, 0.4) is 0 Å². The Morgan fingerprint density at radius 2 is 2.31 bits per heavy atom. The van der Waals surface area contributed by atoms with Crippen LogP contribution in [0.25, 0.3) is 16.2 Å². The monoisotopic (exact) mass is 393 g/mol. The molecule has 0 spiro atoms. The number of anilines is 1. The van der Waals surface area contributed by atoms with Gasteiger partial charge in [-0.05, 0) is 24.1 Å². The third-order valence-corrected chi connectivity index (χ3v) is 5.50. The molecule has 8 heteroatoms. The summed E-state index contributed by atoms with van der Waals surface area (Å²) in [4.78, 5) is 33.6. The molecule has 0 aliphatic carbocycles. The number of benzene rings is 1. The highest BCUT2D eigenvalue weighted by molar-refractivity contribution is 5.95. The molecule has 2 atom stereocenters. The number of nitrogens with zero attached hydrogens (tertiary/aromatic N) is 4. The predicted octanol–water partition coefficient (Wildman–Crippen LogP) is 1.88. The average Bonchev–Trinajstić information content (AvgIpc) is 3.21. The Labute approximate surface area is 169 Å². The smallest absolute Gasteiger partial charge is 0.228 e. The molecule has 3 heterocycles. The standard InChI is InChI=1S/C21H23N5O3/c1-13(20(22)28)7-14-3-4-16-17(8-14)29-6-5-25-12-18(24-21(16)25)26-11-15(10-23-2)9-19(26)27/h3-4,8,12-13,15H,5-7,9-11H2,1H3,(H2,22,28)/t13-,15?/m1/s1. The summed E-state index contributed by atoms with van der Waals surface area (Å²) in [5, 5.41) is 0. The fourth-order valence-corrected chi connectivity index (χ4v) is 3.88. The van der Waals surface area contributed by atoms with Crippen molar-refractivity contribution in [2.75, 3.05) is 24.6 Å². The lowest BCUT2D eigenvalue weighted by Crippen LogP contribution is -2.25. The van der Waals surface area contributed by atoms with Gasteiger partial charge in [-0.25, -0.2) is 11.6 Å². The zero-order valence-corrected chi connectivity index (χ0v) is 16.3. The van der Waals surface area contributed by atoms with Crippen LogP contribution in [0.15, 0.2) is 24.4 Å². The van der Waals surface area contributed by atoms with E-state index in [1.54, 1.807) is 4.90 Å². The summed E-state index contributed by atoms with van der Waals surface area (Å²) in [6, 6.07) is 5.84. The third-order valence-electron chi connectivity index (χ3n) is 5.50. The Hall–Kier alpha value is -3.34. The number of imidazole rings is 1. The normalized spacial score (nSPS) is 19.0. The molecule has 29 heavy (non-hydrogen) atoms. The topological polar surface area (TPSA) is 94.8 Å². The molecule has 8 nitrogen and oxygen atoms in total. The molecule has 1 fully saturated rings. The van der Waals surface area contributed by atoms with Gasteiger partial charge < -0.3 is 19.9 Å². The molecule has 150 valence electrons. The Balaban J connectivity index is 1.63. The number of hydrogen-bond donors (Lipinski definition) is 1. The van der Waals surface area contributed by atoms with E-state index in [9.17, 15) is 9.59 Å². The SMILES string of the molecule is [C-]#[N+]CC1CC(=O)N(c2cn3c(n2)-c2ccc(C[C@@H](C)C(N)=O)cc2OCC3)C1. The van der Waals surface area contributed by atoms with E-state index < -0.39 is 0 Å². The second kappa shape index (κ2) is 7.59. The second-order valence-corrected chi connectivity index (χ2v) is 7.72. The fourth-order valence-electron chi connectivity index (χ4n) is 3.88. The number of hydrogen-bond acceptors (Lipinski definition) is 4. The van der Waals surface area contributed by atoms with E-state index in [0.717, 1.165) is 17.0 Å². The second-order valence-electron chi connectivity index (χ2n) is 7.72. The number of primary amides is 1. The Bertz CT molecular complexity index is 1010. The maximum Gasteiger partial charge on any atom is 0.228 e. The summed E-state index contributed by atoms with van der Waals surface area (Å²) in [6.45, 7) is 10.8. The van der Waals surface area contributed by atoms with Gasteiger partial charge >= 0.3 is 0 Å². The first kappa shape index (κ1) is 19.0. The van der Waals surface area contributed by atoms with Crippen molar-refractivity contribution in [3.05, 3.63) is 41.4 Å². The van der Waals surface area contributed by atoms with Gasteiger partial charge in [0.15, 0.2) is 5.82 Å². The summed E-state index contributed by atoms with van der Waals surface area (Å²) in [5.74, 6) is 1.59. The number of carbonyl (C=O) groups is 2. The van der Waals surface area contributed by atoms with Crippen molar-refractivity contribution < 1.29 is 14.3 Å². The molecule has 2 aromatic rings. The average molecular weight is 393 g/mol. The van der Waals surface area contributed by atoms with Gasteiger partial charge in [-0.1, -0.05) is 13.0 Å². The van der Waals surface area contributed by atoms with E-state index in [-0.39, 0.29) is 23.7 Å². The molecule has 2 aliphatic heterocycles. The number of fused-ring (bicyclic) bond motifs is 3. The molecule has 2 N–H and O–H groups in total. The molecule has 1 unspecified atom stereocenters. The molecule has 0 bridgehead atoms. The first-order chi connectivity index (χ1) is 14.0. The van der Waals surface area contributed by atoms with Crippen LogP contribution in [0.1, 0.15) is 18.9 Å². The maximum atomic E-state index is 12.4. The molecular formula is C21H23N5O3. The lowest BCUT2D eigenvalue weighted by atomic mass is 9.99. The number of ether oxygens (including phenoxy) is 1. The van der Waals surface area contributed by atoms with Crippen LogP contribution >= 0.6 is 0 Å². The molecule has 2 amide bonds. The molecule has 1 saturated heterocycles. The van der Waals surface area contributed by atoms with Crippen LogP contribution in [-0.4, -0.2) is 41.1 Å². The number of carbonyl (C=O) groups excluding carboxylic acids is 2. The Morgan fingerprint density at radius 1 is 1.48 bits per heavy atom. The van der Waals surface area contributed by atoms with Crippen LogP contribution in [0.2, 0.25) is 0 Å². The van der Waals surface area contributed by atoms with E-state index in [1.807, 2.05) is 35.9 Å². The highest BCUT2D eigenvalue weighted by Gasteiger charge is 2.34. The van der Waals surface area contributed by atoms with Crippen LogP contribution in [0, 0.1) is 18.4 Å². The zero-order valence-electron chi connectivity index (χ0n) is 16.3. The third kappa shape index (κ3) is 3.68. The molecule has 1 aromatic heterocycles. The van der Waals surface area contributed by atoms with Gasteiger partial charge in [-0.2, -0.15) is 0 Å². The van der Waals surface area contributed by atoms with Crippen molar-refractivity contribution >= 4 is 17.6 Å². The minimum atomic E-state index is -0.326. The molecule has 1 aromatic carbocycles. The van der Waals surface area contributed by atoms with Gasteiger partial charge in [0.2, 0.25) is 18.4 Å². The lowest BCUT2D eigenvalue weighted by molar-refractivity contribution is -0.121. The summed E-state index contributed by atoms with van der Waals surface area (Å²) in [5.41, 5.74) is 7.21. The molecule has 2 aliphatic rings. The lowest BCUT2D eigenvalue weighted by Gasteiger charge is -2.13. The highest BCUT2D eigenvalue weighted by Crippen LogP contribution is 2.35. The number of aromatic nitrogens is 2. The van der Waals surface area contributed by atoms with Gasteiger partial charge in [0, 0.05) is 25.1 Å². The highest BCUT2D eigenvalue weighted by atomic mass is 16.5. The van der Waals surface area contributed by atoms with Crippen LogP contribution in [0.5, 0.6) is 5.75 Å². The zero-order chi connectivity index (χ0) is 20.5.